The fourth-order valence-electron chi connectivity index (χ4n) is 4.09. The lowest BCUT2D eigenvalue weighted by molar-refractivity contribution is -0.0612. The average Bonchev–Trinajstić information content (AvgIpc) is 2.65. The summed E-state index contributed by atoms with van der Waals surface area (Å²) >= 11 is 0. The van der Waals surface area contributed by atoms with Crippen LogP contribution in [-0.2, 0) is 21.2 Å². The van der Waals surface area contributed by atoms with E-state index in [9.17, 15) is 8.42 Å². The summed E-state index contributed by atoms with van der Waals surface area (Å²) in [6, 6.07) is 3.88. The first-order chi connectivity index (χ1) is 12.4. The Morgan fingerprint density at radius 3 is 2.46 bits per heavy atom. The number of ether oxygens (including phenoxy) is 3. The van der Waals surface area contributed by atoms with Crippen LogP contribution in [0.1, 0.15) is 30.1 Å². The Morgan fingerprint density at radius 2 is 1.92 bits per heavy atom. The third-order valence-corrected chi connectivity index (χ3v) is 6.79. The van der Waals surface area contributed by atoms with Gasteiger partial charge in [0, 0.05) is 31.6 Å². The van der Waals surface area contributed by atoms with Gasteiger partial charge in [-0.1, -0.05) is 6.07 Å². The molecule has 8 heteroatoms. The first kappa shape index (κ1) is 19.4. The zero-order valence-electron chi connectivity index (χ0n) is 15.6. The summed E-state index contributed by atoms with van der Waals surface area (Å²) in [4.78, 5) is 0. The van der Waals surface area contributed by atoms with Crippen molar-refractivity contribution in [1.82, 2.24) is 4.31 Å². The lowest BCUT2D eigenvalue weighted by Gasteiger charge is -2.40. The van der Waals surface area contributed by atoms with Crippen LogP contribution in [0.25, 0.3) is 0 Å². The van der Waals surface area contributed by atoms with Crippen molar-refractivity contribution in [2.45, 2.75) is 31.5 Å². The first-order valence-corrected chi connectivity index (χ1v) is 10.8. The van der Waals surface area contributed by atoms with Gasteiger partial charge in [-0.15, -0.1) is 0 Å². The molecule has 1 aromatic carbocycles. The predicted molar refractivity (Wildman–Crippen MR) is 99.1 cm³/mol. The normalized spacial score (nSPS) is 24.9. The van der Waals surface area contributed by atoms with E-state index in [-0.39, 0.29) is 12.2 Å². The summed E-state index contributed by atoms with van der Waals surface area (Å²) in [5.74, 6) is 1.74. The maximum Gasteiger partial charge on any atom is 0.211 e. The van der Waals surface area contributed by atoms with Crippen LogP contribution in [0.4, 0.5) is 0 Å². The van der Waals surface area contributed by atoms with Gasteiger partial charge in [-0.3, -0.25) is 0 Å². The summed E-state index contributed by atoms with van der Waals surface area (Å²) in [5, 5.41) is 0. The molecular weight excluding hydrogens is 356 g/mol. The van der Waals surface area contributed by atoms with Crippen LogP contribution in [0.2, 0.25) is 0 Å². The Labute approximate surface area is 155 Å². The Kier molecular flexibility index (Phi) is 5.76. The van der Waals surface area contributed by atoms with Crippen molar-refractivity contribution in [2.75, 3.05) is 40.1 Å². The molecule has 2 N–H and O–H groups in total. The summed E-state index contributed by atoms with van der Waals surface area (Å²) in [6.45, 7) is 1.47. The number of piperidine rings is 1. The van der Waals surface area contributed by atoms with Crippen molar-refractivity contribution in [3.8, 4) is 11.5 Å². The molecule has 2 atom stereocenters. The van der Waals surface area contributed by atoms with E-state index in [2.05, 4.69) is 0 Å². The molecule has 0 saturated carbocycles. The first-order valence-electron chi connectivity index (χ1n) is 8.93. The molecule has 1 aromatic rings. The molecule has 0 radical (unpaired) electrons. The second-order valence-electron chi connectivity index (χ2n) is 6.97. The molecular formula is C18H28N2O5S. The molecule has 0 amide bonds. The van der Waals surface area contributed by atoms with Crippen LogP contribution >= 0.6 is 0 Å². The van der Waals surface area contributed by atoms with Gasteiger partial charge in [0.1, 0.15) is 0 Å². The van der Waals surface area contributed by atoms with E-state index in [1.54, 1.807) is 18.5 Å². The van der Waals surface area contributed by atoms with Crippen molar-refractivity contribution in [1.29, 1.82) is 0 Å². The van der Waals surface area contributed by atoms with E-state index in [1.165, 1.54) is 6.26 Å². The molecule has 0 unspecified atom stereocenters. The van der Waals surface area contributed by atoms with Crippen LogP contribution in [0.15, 0.2) is 12.1 Å². The SMILES string of the molecule is COc1ccc2c(c1OC)C[C@H](C1CCN(S(C)(=O)=O)CC1)O[C@@H]2CN. The van der Waals surface area contributed by atoms with Crippen LogP contribution in [0.3, 0.4) is 0 Å². The molecule has 2 heterocycles. The van der Waals surface area contributed by atoms with E-state index < -0.39 is 10.0 Å². The second-order valence-corrected chi connectivity index (χ2v) is 8.95. The Bertz CT molecular complexity index is 744. The molecule has 2 aliphatic heterocycles. The number of methoxy groups -OCH3 is 2. The number of hydrogen-bond donors (Lipinski definition) is 1. The Balaban J connectivity index is 1.83. The fourth-order valence-corrected chi connectivity index (χ4v) is 4.97. The number of hydrogen-bond acceptors (Lipinski definition) is 6. The molecule has 0 bridgehead atoms. The van der Waals surface area contributed by atoms with Gasteiger partial charge in [0.2, 0.25) is 10.0 Å². The third-order valence-electron chi connectivity index (χ3n) is 5.48. The van der Waals surface area contributed by atoms with Gasteiger partial charge in [-0.05, 0) is 30.4 Å². The van der Waals surface area contributed by atoms with Crippen LogP contribution < -0.4 is 15.2 Å². The largest absolute Gasteiger partial charge is 0.493 e. The number of nitrogens with two attached hydrogens (primary N) is 1. The zero-order chi connectivity index (χ0) is 18.9. The highest BCUT2D eigenvalue weighted by atomic mass is 32.2. The van der Waals surface area contributed by atoms with Crippen LogP contribution in [-0.4, -0.2) is 58.9 Å². The van der Waals surface area contributed by atoms with Gasteiger partial charge in [0.15, 0.2) is 11.5 Å². The number of benzene rings is 1. The van der Waals surface area contributed by atoms with Crippen LogP contribution in [0.5, 0.6) is 11.5 Å². The second kappa shape index (κ2) is 7.72. The summed E-state index contributed by atoms with van der Waals surface area (Å²) in [6.07, 6.45) is 3.38. The number of fused-ring (bicyclic) bond motifs is 1. The summed E-state index contributed by atoms with van der Waals surface area (Å²) in [5.41, 5.74) is 8.10. The van der Waals surface area contributed by atoms with Gasteiger partial charge in [0.05, 0.1) is 32.7 Å². The van der Waals surface area contributed by atoms with E-state index in [4.69, 9.17) is 19.9 Å². The highest BCUT2D eigenvalue weighted by Crippen LogP contribution is 2.43. The number of nitrogens with zero attached hydrogens (tertiary/aromatic N) is 1. The molecule has 1 fully saturated rings. The van der Waals surface area contributed by atoms with Gasteiger partial charge in [0.25, 0.3) is 0 Å². The van der Waals surface area contributed by atoms with Crippen molar-refractivity contribution >= 4 is 10.0 Å². The number of rotatable bonds is 5. The molecule has 0 spiro atoms. The summed E-state index contributed by atoms with van der Waals surface area (Å²) in [7, 11) is 0.143. The standard InChI is InChI=1S/C18H28N2O5S/c1-23-15-5-4-13-14(18(15)24-2)10-16(25-17(13)11-19)12-6-8-20(9-7-12)26(3,21)22/h4-5,12,16-17H,6-11,19H2,1-3H3/t16-,17-/m1/s1. The highest BCUT2D eigenvalue weighted by Gasteiger charge is 2.37. The van der Waals surface area contributed by atoms with E-state index in [0.29, 0.717) is 31.3 Å². The Hall–Kier alpha value is -1.35. The minimum Gasteiger partial charge on any atom is -0.493 e. The molecule has 26 heavy (non-hydrogen) atoms. The van der Waals surface area contributed by atoms with Crippen LogP contribution in [0, 0.1) is 5.92 Å². The van der Waals surface area contributed by atoms with Gasteiger partial charge < -0.3 is 19.9 Å². The lowest BCUT2D eigenvalue weighted by Crippen LogP contribution is -2.43. The van der Waals surface area contributed by atoms with E-state index in [0.717, 1.165) is 36.1 Å². The topological polar surface area (TPSA) is 91.1 Å². The molecule has 2 aliphatic rings. The summed E-state index contributed by atoms with van der Waals surface area (Å²) < 4.78 is 42.4. The molecule has 7 nitrogen and oxygen atoms in total. The van der Waals surface area contributed by atoms with Crippen molar-refractivity contribution in [3.05, 3.63) is 23.3 Å². The molecule has 0 aliphatic carbocycles. The van der Waals surface area contributed by atoms with E-state index in [1.807, 2.05) is 12.1 Å². The van der Waals surface area contributed by atoms with Gasteiger partial charge in [-0.25, -0.2) is 12.7 Å². The minimum absolute atomic E-state index is 0.00114. The van der Waals surface area contributed by atoms with E-state index >= 15 is 0 Å². The van der Waals surface area contributed by atoms with Crippen molar-refractivity contribution in [2.24, 2.45) is 11.7 Å². The molecule has 3 rings (SSSR count). The smallest absolute Gasteiger partial charge is 0.211 e. The zero-order valence-corrected chi connectivity index (χ0v) is 16.4. The fraction of sp³-hybridized carbons (Fsp3) is 0.667. The van der Waals surface area contributed by atoms with Gasteiger partial charge >= 0.3 is 0 Å². The highest BCUT2D eigenvalue weighted by molar-refractivity contribution is 7.88. The molecule has 1 saturated heterocycles. The number of sulfonamides is 1. The maximum atomic E-state index is 11.7. The Morgan fingerprint density at radius 1 is 1.23 bits per heavy atom. The maximum absolute atomic E-state index is 11.7. The van der Waals surface area contributed by atoms with Crippen molar-refractivity contribution in [3.63, 3.8) is 0 Å². The predicted octanol–water partition coefficient (Wildman–Crippen LogP) is 1.32. The lowest BCUT2D eigenvalue weighted by atomic mass is 9.83. The minimum atomic E-state index is -3.13. The molecule has 0 aromatic heterocycles. The average molecular weight is 384 g/mol. The monoisotopic (exact) mass is 384 g/mol. The third kappa shape index (κ3) is 3.69. The van der Waals surface area contributed by atoms with Crippen molar-refractivity contribution < 1.29 is 22.6 Å². The quantitative estimate of drug-likeness (QED) is 0.823. The van der Waals surface area contributed by atoms with Gasteiger partial charge in [-0.2, -0.15) is 0 Å². The molecule has 146 valence electrons.